The Labute approximate surface area is 438 Å². The molecule has 4 aliphatic carbocycles. The van der Waals surface area contributed by atoms with E-state index in [4.69, 9.17) is 18.9 Å². The molecule has 0 unspecified atom stereocenters. The first-order chi connectivity index (χ1) is 35.9. The molecule has 0 bridgehead atoms. The van der Waals surface area contributed by atoms with Crippen molar-refractivity contribution in [2.24, 2.45) is 46.3 Å². The molecule has 0 heterocycles. The van der Waals surface area contributed by atoms with Crippen molar-refractivity contribution in [3.05, 3.63) is 144 Å². The van der Waals surface area contributed by atoms with Gasteiger partial charge >= 0.3 is 23.9 Å². The molecule has 0 aromatic heterocycles. The van der Waals surface area contributed by atoms with Gasteiger partial charge < -0.3 is 29.2 Å². The van der Waals surface area contributed by atoms with Gasteiger partial charge in [0.1, 0.15) is 23.2 Å². The second kappa shape index (κ2) is 19.5. The number of ether oxygens (including phenoxy) is 4. The topological polar surface area (TPSA) is 146 Å². The molecule has 388 valence electrons. The van der Waals surface area contributed by atoms with E-state index in [2.05, 4.69) is 20.8 Å². The summed E-state index contributed by atoms with van der Waals surface area (Å²) in [5.41, 5.74) is -0.324. The number of carbonyl (C=O) groups is 4. The molecule has 0 radical (unpaired) electrons. The van der Waals surface area contributed by atoms with Crippen LogP contribution in [0.5, 0.6) is 11.5 Å². The summed E-state index contributed by atoms with van der Waals surface area (Å²) in [4.78, 5) is 56.3. The molecule has 4 aliphatic rings. The van der Waals surface area contributed by atoms with Crippen molar-refractivity contribution in [3.63, 3.8) is 0 Å². The maximum atomic E-state index is 14.6. The van der Waals surface area contributed by atoms with Crippen molar-refractivity contribution in [2.45, 2.75) is 123 Å². The van der Waals surface area contributed by atoms with Crippen LogP contribution in [0.15, 0.2) is 127 Å². The number of hydrogen-bond donors (Lipinski definition) is 2. The third-order valence-corrected chi connectivity index (χ3v) is 18.5. The first kappa shape index (κ1) is 50.5. The van der Waals surface area contributed by atoms with Crippen molar-refractivity contribution in [2.75, 3.05) is 0 Å². The monoisotopic (exact) mass is 1010 g/mol. The van der Waals surface area contributed by atoms with Crippen LogP contribution in [-0.4, -0.2) is 58.0 Å². The Hall–Kier alpha value is -6.62. The highest BCUT2D eigenvalue weighted by atomic mass is 16.6. The van der Waals surface area contributed by atoms with Crippen LogP contribution < -0.4 is 9.47 Å². The van der Waals surface area contributed by atoms with E-state index >= 15 is 0 Å². The smallest absolute Gasteiger partial charge is 0.344 e. The van der Waals surface area contributed by atoms with E-state index in [0.717, 1.165) is 40.8 Å². The average Bonchev–Trinajstić information content (AvgIpc) is 3.77. The van der Waals surface area contributed by atoms with E-state index in [1.165, 1.54) is 18.2 Å². The van der Waals surface area contributed by atoms with E-state index in [1.54, 1.807) is 0 Å². The Balaban J connectivity index is 0.852. The Kier molecular flexibility index (Phi) is 13.1. The maximum absolute atomic E-state index is 14.6. The van der Waals surface area contributed by atoms with Crippen LogP contribution in [0.2, 0.25) is 0 Å². The first-order valence-electron chi connectivity index (χ1n) is 27.1. The van der Waals surface area contributed by atoms with Crippen molar-refractivity contribution in [3.8, 4) is 11.5 Å². The quantitative estimate of drug-likeness (QED) is 0.0771. The molecule has 2 N–H and O–H groups in total. The molecular weight excluding hydrogens is 941 g/mol. The summed E-state index contributed by atoms with van der Waals surface area (Å²) in [6.07, 6.45) is 4.38. The highest BCUT2D eigenvalue weighted by molar-refractivity contribution is 6.18. The molecule has 11 atom stereocenters. The van der Waals surface area contributed by atoms with Gasteiger partial charge in [-0.1, -0.05) is 118 Å². The highest BCUT2D eigenvalue weighted by Crippen LogP contribution is 2.68. The predicted octanol–water partition coefficient (Wildman–Crippen LogP) is 13.6. The van der Waals surface area contributed by atoms with Crippen LogP contribution in [0, 0.1) is 46.3 Å². The zero-order chi connectivity index (χ0) is 52.6. The molecule has 4 fully saturated rings. The summed E-state index contributed by atoms with van der Waals surface area (Å²) in [5, 5.41) is 30.8. The van der Waals surface area contributed by atoms with Gasteiger partial charge in [0.05, 0.1) is 28.9 Å². The molecule has 7 aromatic carbocycles. The van der Waals surface area contributed by atoms with Crippen LogP contribution in [0.3, 0.4) is 0 Å². The van der Waals surface area contributed by atoms with Gasteiger partial charge in [0.2, 0.25) is 0 Å². The second-order valence-electron chi connectivity index (χ2n) is 23.9. The molecule has 11 rings (SSSR count). The normalized spacial score (nSPS) is 27.7. The van der Waals surface area contributed by atoms with Crippen LogP contribution in [0.25, 0.3) is 43.1 Å². The summed E-state index contributed by atoms with van der Waals surface area (Å²) in [6, 6.07) is 38.9. The molecule has 7 aromatic rings. The van der Waals surface area contributed by atoms with Crippen molar-refractivity contribution >= 4 is 67.0 Å². The van der Waals surface area contributed by atoms with Gasteiger partial charge in [-0.05, 0) is 186 Å². The molecule has 0 spiro atoms. The lowest BCUT2D eigenvalue weighted by atomic mass is 9.43. The predicted molar refractivity (Wildman–Crippen MR) is 291 cm³/mol. The molecule has 0 aliphatic heterocycles. The Morgan fingerprint density at radius 2 is 1.13 bits per heavy atom. The van der Waals surface area contributed by atoms with Crippen molar-refractivity contribution in [1.29, 1.82) is 0 Å². The van der Waals surface area contributed by atoms with E-state index < -0.39 is 41.8 Å². The van der Waals surface area contributed by atoms with E-state index in [-0.39, 0.29) is 69.4 Å². The number of benzene rings is 7. The number of aliphatic hydroxyl groups excluding tert-OH is 2. The van der Waals surface area contributed by atoms with E-state index in [0.29, 0.717) is 71.2 Å². The van der Waals surface area contributed by atoms with E-state index in [1.807, 2.05) is 130 Å². The minimum atomic E-state index is -0.652. The first-order valence-corrected chi connectivity index (χ1v) is 27.1. The highest BCUT2D eigenvalue weighted by Gasteiger charge is 2.66. The maximum Gasteiger partial charge on any atom is 0.344 e. The fourth-order valence-corrected chi connectivity index (χ4v) is 15.0. The molecule has 10 nitrogen and oxygen atoms in total. The van der Waals surface area contributed by atoms with Crippen LogP contribution in [-0.2, 0) is 14.3 Å². The number of fused-ring (bicyclic) bond motifs is 9. The summed E-state index contributed by atoms with van der Waals surface area (Å²) < 4.78 is 24.4. The van der Waals surface area contributed by atoms with Crippen LogP contribution >= 0.6 is 0 Å². The van der Waals surface area contributed by atoms with Gasteiger partial charge in [-0.3, -0.25) is 4.79 Å². The second-order valence-corrected chi connectivity index (χ2v) is 23.9. The molecule has 0 saturated heterocycles. The van der Waals surface area contributed by atoms with Gasteiger partial charge in [-0.15, -0.1) is 0 Å². The van der Waals surface area contributed by atoms with Crippen molar-refractivity contribution < 1.29 is 48.3 Å². The van der Waals surface area contributed by atoms with E-state index in [9.17, 15) is 29.4 Å². The summed E-state index contributed by atoms with van der Waals surface area (Å²) >= 11 is 0. The summed E-state index contributed by atoms with van der Waals surface area (Å²) in [5.74, 6) is -1.38. The Morgan fingerprint density at radius 1 is 0.627 bits per heavy atom. The number of aliphatic hydroxyl groups is 2. The van der Waals surface area contributed by atoms with Gasteiger partial charge in [0.25, 0.3) is 0 Å². The zero-order valence-corrected chi connectivity index (χ0v) is 43.8. The number of carbonyl (C=O) groups excluding carboxylic acids is 4. The molecule has 75 heavy (non-hydrogen) atoms. The molecule has 4 saturated carbocycles. The fraction of sp³-hybridized carbons (Fsp3) is 0.415. The number of esters is 4. The lowest BCUT2D eigenvalue weighted by Crippen LogP contribution is -2.62. The van der Waals surface area contributed by atoms with Crippen LogP contribution in [0.4, 0.5) is 0 Å². The fourth-order valence-electron chi connectivity index (χ4n) is 15.0. The third-order valence-electron chi connectivity index (χ3n) is 18.5. The lowest BCUT2D eigenvalue weighted by Gasteiger charge is -2.63. The Morgan fingerprint density at radius 3 is 1.64 bits per heavy atom. The molecular formula is C65H68O10. The molecule has 0 amide bonds. The SMILES string of the molecule is C[C@H](CCC(=O)OC(C)(C)C)[C@H]1CC[C@H]2[C@@H]3[C@H](O)C[C@@H]4C[C@H](OC(=O)c5cc(OC(=O)c6c7ccccc7cc7ccccc67)cc(OC(=O)c6c7ccccc7cc7ccccc67)c5)CC[C@]4(C)[C@H]3C[C@H](O)[C@]12C. The summed E-state index contributed by atoms with van der Waals surface area (Å²) in [7, 11) is 0. The molecule has 10 heteroatoms. The van der Waals surface area contributed by atoms with Gasteiger partial charge in [0, 0.05) is 12.5 Å². The van der Waals surface area contributed by atoms with Gasteiger partial charge in [0.15, 0.2) is 0 Å². The van der Waals surface area contributed by atoms with Gasteiger partial charge in [-0.25, -0.2) is 14.4 Å². The zero-order valence-electron chi connectivity index (χ0n) is 43.8. The number of hydrogen-bond acceptors (Lipinski definition) is 10. The Bertz CT molecular complexity index is 3130. The standard InChI is InChI=1S/C65H68O10/c1-37(23-26-56(68)75-63(2,3)4)51-24-25-52-59-53(36-55(67)65(51,52)6)64(5)28-27-44(33-43(64)34-54(59)66)72-60(69)42-31-45(73-61(70)57-47-19-11-7-15-38(47)29-39-16-8-12-20-48(39)57)35-46(32-42)74-62(71)58-49-21-13-9-17-40(49)30-41-18-10-14-22-50(41)58/h7-22,29-32,35,37,43-44,51-55,59,66-67H,23-28,33-34,36H2,1-6H3/t37-,43+,44-,51-,52+,53+,54-,55+,59+,64+,65-/m1/s1. The lowest BCUT2D eigenvalue weighted by molar-refractivity contribution is -0.207. The average molecular weight is 1010 g/mol. The minimum Gasteiger partial charge on any atom is -0.460 e. The largest absolute Gasteiger partial charge is 0.460 e. The van der Waals surface area contributed by atoms with Crippen molar-refractivity contribution in [1.82, 2.24) is 0 Å². The number of rotatable bonds is 10. The summed E-state index contributed by atoms with van der Waals surface area (Å²) in [6.45, 7) is 12.4. The minimum absolute atomic E-state index is 0.00384. The van der Waals surface area contributed by atoms with Gasteiger partial charge in [-0.2, -0.15) is 0 Å². The third kappa shape index (κ3) is 9.26. The van der Waals surface area contributed by atoms with Crippen LogP contribution in [0.1, 0.15) is 130 Å².